The topological polar surface area (TPSA) is 55.6 Å². The fraction of sp³-hybridized carbons (Fsp3) is 0.562. The number of hydrogen-bond donors (Lipinski definition) is 1. The molecule has 0 bridgehead atoms. The summed E-state index contributed by atoms with van der Waals surface area (Å²) in [5.41, 5.74) is 6.88. The first-order valence-corrected chi connectivity index (χ1v) is 7.44. The van der Waals surface area contributed by atoms with Crippen LogP contribution in [0.1, 0.15) is 31.2 Å². The van der Waals surface area contributed by atoms with E-state index in [9.17, 15) is 4.79 Å². The molecule has 0 aliphatic carbocycles. The first kappa shape index (κ1) is 13.4. The van der Waals surface area contributed by atoms with Crippen LogP contribution in [0.3, 0.4) is 0 Å². The van der Waals surface area contributed by atoms with Gasteiger partial charge in [-0.2, -0.15) is 0 Å². The summed E-state index contributed by atoms with van der Waals surface area (Å²) in [6, 6.07) is 8.07. The Morgan fingerprint density at radius 1 is 1.40 bits per heavy atom. The van der Waals surface area contributed by atoms with Gasteiger partial charge in [-0.1, -0.05) is 25.1 Å². The number of carbonyl (C=O) groups excluding carboxylic acids is 1. The van der Waals surface area contributed by atoms with Crippen LogP contribution in [0.25, 0.3) is 0 Å². The van der Waals surface area contributed by atoms with Crippen LogP contribution in [-0.2, 0) is 4.79 Å². The van der Waals surface area contributed by atoms with E-state index in [4.69, 9.17) is 10.5 Å². The Morgan fingerprint density at radius 3 is 3.00 bits per heavy atom. The summed E-state index contributed by atoms with van der Waals surface area (Å²) in [6.07, 6.45) is 1.82. The molecule has 4 heteroatoms. The zero-order valence-electron chi connectivity index (χ0n) is 11.9. The first-order chi connectivity index (χ1) is 9.72. The van der Waals surface area contributed by atoms with Crippen LogP contribution in [0.4, 0.5) is 0 Å². The van der Waals surface area contributed by atoms with Gasteiger partial charge < -0.3 is 15.4 Å². The molecule has 0 radical (unpaired) electrons. The van der Waals surface area contributed by atoms with Crippen LogP contribution in [0, 0.1) is 5.92 Å². The second-order valence-electron chi connectivity index (χ2n) is 5.83. The van der Waals surface area contributed by atoms with Crippen molar-refractivity contribution >= 4 is 5.91 Å². The number of carbonyl (C=O) groups is 1. The number of nitrogens with two attached hydrogens (primary N) is 1. The number of amides is 1. The zero-order chi connectivity index (χ0) is 14.1. The number of rotatable bonds is 2. The minimum Gasteiger partial charge on any atom is -0.493 e. The monoisotopic (exact) mass is 274 g/mol. The SMILES string of the molecule is CC1CCN(C(=O)C2CCOc3ccccc32)C1CN. The molecule has 0 aromatic heterocycles. The molecule has 0 spiro atoms. The van der Waals surface area contributed by atoms with E-state index in [2.05, 4.69) is 6.92 Å². The Morgan fingerprint density at radius 2 is 2.20 bits per heavy atom. The van der Waals surface area contributed by atoms with E-state index in [0.29, 0.717) is 19.1 Å². The Bertz CT molecular complexity index is 503. The van der Waals surface area contributed by atoms with E-state index in [1.807, 2.05) is 29.2 Å². The van der Waals surface area contributed by atoms with Gasteiger partial charge in [0.05, 0.1) is 12.5 Å². The van der Waals surface area contributed by atoms with Gasteiger partial charge >= 0.3 is 0 Å². The van der Waals surface area contributed by atoms with E-state index in [-0.39, 0.29) is 17.9 Å². The van der Waals surface area contributed by atoms with Gasteiger partial charge in [0.25, 0.3) is 0 Å². The van der Waals surface area contributed by atoms with Crippen molar-refractivity contribution in [3.8, 4) is 5.75 Å². The third-order valence-electron chi connectivity index (χ3n) is 4.66. The number of benzene rings is 1. The van der Waals surface area contributed by atoms with Crippen molar-refractivity contribution in [2.75, 3.05) is 19.7 Å². The van der Waals surface area contributed by atoms with Crippen molar-refractivity contribution < 1.29 is 9.53 Å². The Hall–Kier alpha value is -1.55. The quantitative estimate of drug-likeness (QED) is 0.894. The molecule has 2 aliphatic rings. The molecule has 1 aromatic rings. The average Bonchev–Trinajstić information content (AvgIpc) is 2.86. The highest BCUT2D eigenvalue weighted by atomic mass is 16.5. The second-order valence-corrected chi connectivity index (χ2v) is 5.83. The van der Waals surface area contributed by atoms with Crippen LogP contribution in [0.5, 0.6) is 5.75 Å². The van der Waals surface area contributed by atoms with E-state index in [1.165, 1.54) is 0 Å². The van der Waals surface area contributed by atoms with Gasteiger partial charge in [-0.25, -0.2) is 0 Å². The number of hydrogen-bond acceptors (Lipinski definition) is 3. The zero-order valence-corrected chi connectivity index (χ0v) is 11.9. The van der Waals surface area contributed by atoms with E-state index in [1.54, 1.807) is 0 Å². The van der Waals surface area contributed by atoms with Gasteiger partial charge in [0.15, 0.2) is 0 Å². The lowest BCUT2D eigenvalue weighted by atomic mass is 9.91. The predicted octanol–water partition coefficient (Wildman–Crippen LogP) is 1.75. The van der Waals surface area contributed by atoms with Crippen molar-refractivity contribution in [2.45, 2.75) is 31.7 Å². The number of fused-ring (bicyclic) bond motifs is 1. The molecule has 1 amide bonds. The summed E-state index contributed by atoms with van der Waals surface area (Å²) in [4.78, 5) is 14.9. The van der Waals surface area contributed by atoms with Crippen LogP contribution in [-0.4, -0.2) is 36.5 Å². The maximum Gasteiger partial charge on any atom is 0.230 e. The minimum absolute atomic E-state index is 0.0701. The summed E-state index contributed by atoms with van der Waals surface area (Å²) in [6.45, 7) is 4.19. The molecule has 20 heavy (non-hydrogen) atoms. The van der Waals surface area contributed by atoms with Gasteiger partial charge in [-0.05, 0) is 24.8 Å². The van der Waals surface area contributed by atoms with Crippen molar-refractivity contribution in [1.29, 1.82) is 0 Å². The molecular formula is C16H22N2O2. The maximum atomic E-state index is 12.9. The standard InChI is InChI=1S/C16H22N2O2/c1-11-6-8-18(14(11)10-17)16(19)13-7-9-20-15-5-3-2-4-12(13)15/h2-5,11,13-14H,6-10,17H2,1H3. The van der Waals surface area contributed by atoms with Crippen LogP contribution >= 0.6 is 0 Å². The van der Waals surface area contributed by atoms with Gasteiger partial charge in [0.1, 0.15) is 5.75 Å². The van der Waals surface area contributed by atoms with Crippen molar-refractivity contribution in [2.24, 2.45) is 11.7 Å². The normalized spacial score (nSPS) is 28.9. The molecule has 108 valence electrons. The molecule has 2 N–H and O–H groups in total. The van der Waals surface area contributed by atoms with Crippen LogP contribution in [0.15, 0.2) is 24.3 Å². The summed E-state index contributed by atoms with van der Waals surface area (Å²) in [7, 11) is 0. The molecule has 3 unspecified atom stereocenters. The summed E-state index contributed by atoms with van der Waals surface area (Å²) < 4.78 is 5.65. The summed E-state index contributed by atoms with van der Waals surface area (Å²) in [5, 5.41) is 0. The van der Waals surface area contributed by atoms with Gasteiger partial charge in [0.2, 0.25) is 5.91 Å². The van der Waals surface area contributed by atoms with Crippen LogP contribution in [0.2, 0.25) is 0 Å². The van der Waals surface area contributed by atoms with Crippen LogP contribution < -0.4 is 10.5 Å². The van der Waals surface area contributed by atoms with Gasteiger partial charge in [0, 0.05) is 24.7 Å². The minimum atomic E-state index is -0.0701. The highest BCUT2D eigenvalue weighted by Crippen LogP contribution is 2.36. The largest absolute Gasteiger partial charge is 0.493 e. The number of para-hydroxylation sites is 1. The average molecular weight is 274 g/mol. The number of ether oxygens (including phenoxy) is 1. The maximum absolute atomic E-state index is 12.9. The Kier molecular flexibility index (Phi) is 3.66. The highest BCUT2D eigenvalue weighted by molar-refractivity contribution is 5.85. The van der Waals surface area contributed by atoms with Gasteiger partial charge in [-0.15, -0.1) is 0 Å². The Balaban J connectivity index is 1.85. The third-order valence-corrected chi connectivity index (χ3v) is 4.66. The lowest BCUT2D eigenvalue weighted by Crippen LogP contribution is -2.45. The molecule has 1 aromatic carbocycles. The molecule has 1 saturated heterocycles. The van der Waals surface area contributed by atoms with Crippen molar-refractivity contribution in [3.05, 3.63) is 29.8 Å². The van der Waals surface area contributed by atoms with Gasteiger partial charge in [-0.3, -0.25) is 4.79 Å². The second kappa shape index (κ2) is 5.44. The van der Waals surface area contributed by atoms with E-state index >= 15 is 0 Å². The molecular weight excluding hydrogens is 252 g/mol. The lowest BCUT2D eigenvalue weighted by molar-refractivity contribution is -0.134. The molecule has 0 saturated carbocycles. The van der Waals surface area contributed by atoms with E-state index in [0.717, 1.165) is 30.7 Å². The number of nitrogens with zero attached hydrogens (tertiary/aromatic N) is 1. The molecule has 3 rings (SSSR count). The fourth-order valence-corrected chi connectivity index (χ4v) is 3.44. The molecule has 3 atom stereocenters. The lowest BCUT2D eigenvalue weighted by Gasteiger charge is -2.32. The molecule has 2 heterocycles. The predicted molar refractivity (Wildman–Crippen MR) is 77.6 cm³/mol. The number of likely N-dealkylation sites (tertiary alicyclic amines) is 1. The van der Waals surface area contributed by atoms with Crippen molar-refractivity contribution in [1.82, 2.24) is 4.90 Å². The molecule has 4 nitrogen and oxygen atoms in total. The Labute approximate surface area is 119 Å². The summed E-state index contributed by atoms with van der Waals surface area (Å²) >= 11 is 0. The highest BCUT2D eigenvalue weighted by Gasteiger charge is 2.38. The summed E-state index contributed by atoms with van der Waals surface area (Å²) in [5.74, 6) is 1.51. The molecule has 1 fully saturated rings. The van der Waals surface area contributed by atoms with Crippen molar-refractivity contribution in [3.63, 3.8) is 0 Å². The molecule has 2 aliphatic heterocycles. The first-order valence-electron chi connectivity index (χ1n) is 7.44. The van der Waals surface area contributed by atoms with E-state index < -0.39 is 0 Å². The third kappa shape index (κ3) is 2.18. The fourth-order valence-electron chi connectivity index (χ4n) is 3.44. The smallest absolute Gasteiger partial charge is 0.230 e.